The quantitative estimate of drug-likeness (QED) is 0.199. The largest absolute Gasteiger partial charge is 0.0625 e. The van der Waals surface area contributed by atoms with Crippen molar-refractivity contribution in [3.8, 4) is 11.1 Å². The van der Waals surface area contributed by atoms with Crippen molar-refractivity contribution in [2.24, 2.45) is 35.5 Å². The third kappa shape index (κ3) is 4.48. The van der Waals surface area contributed by atoms with Crippen molar-refractivity contribution in [2.75, 3.05) is 0 Å². The molecule has 276 valence electrons. The molecule has 10 rings (SSSR count). The molecular weight excluding hydrogens is 637 g/mol. The van der Waals surface area contributed by atoms with Gasteiger partial charge in [0, 0.05) is 10.8 Å². The van der Waals surface area contributed by atoms with Crippen LogP contribution in [0.4, 0.5) is 0 Å². The molecule has 0 radical (unpaired) electrons. The van der Waals surface area contributed by atoms with Crippen molar-refractivity contribution >= 4 is 21.9 Å². The highest BCUT2D eigenvalue weighted by atomic mass is 14.7. The summed E-state index contributed by atoms with van der Waals surface area (Å²) in [4.78, 5) is 0. The summed E-state index contributed by atoms with van der Waals surface area (Å²) in [5, 5.41) is 3.15. The third-order valence-corrected chi connectivity index (χ3v) is 16.4. The van der Waals surface area contributed by atoms with Crippen LogP contribution in [0.15, 0.2) is 48.5 Å². The molecule has 53 heavy (non-hydrogen) atoms. The molecule has 3 fully saturated rings. The summed E-state index contributed by atoms with van der Waals surface area (Å²) in [6.07, 6.45) is 15.4. The highest BCUT2D eigenvalue weighted by Crippen LogP contribution is 2.76. The van der Waals surface area contributed by atoms with Gasteiger partial charge in [-0.25, -0.2) is 0 Å². The maximum Gasteiger partial charge on any atom is 0.0288 e. The molecule has 0 aliphatic heterocycles. The summed E-state index contributed by atoms with van der Waals surface area (Å²) in [6.45, 7) is 22.3. The Hall–Kier alpha value is -3.12. The molecule has 2 atom stereocenters. The van der Waals surface area contributed by atoms with E-state index in [-0.39, 0.29) is 10.8 Å². The third-order valence-electron chi connectivity index (χ3n) is 16.4. The molecule has 0 saturated heterocycles. The summed E-state index contributed by atoms with van der Waals surface area (Å²) in [7, 11) is 0. The van der Waals surface area contributed by atoms with Crippen molar-refractivity contribution in [1.82, 2.24) is 0 Å². The number of fused-ring (bicyclic) bond motifs is 12. The molecule has 0 aromatic heterocycles. The van der Waals surface area contributed by atoms with Gasteiger partial charge in [0.05, 0.1) is 0 Å². The van der Waals surface area contributed by atoms with Crippen LogP contribution in [0.2, 0.25) is 0 Å². The van der Waals surface area contributed by atoms with Crippen molar-refractivity contribution in [3.63, 3.8) is 0 Å². The van der Waals surface area contributed by atoms with Gasteiger partial charge in [-0.05, 0) is 152 Å². The first-order valence-electron chi connectivity index (χ1n) is 22.1. The molecular formula is C53H64. The van der Waals surface area contributed by atoms with Crippen molar-refractivity contribution in [2.45, 2.75) is 150 Å². The predicted molar refractivity (Wildman–Crippen MR) is 227 cm³/mol. The van der Waals surface area contributed by atoms with E-state index in [0.717, 1.165) is 41.9 Å². The minimum absolute atomic E-state index is 0.0487. The molecule has 2 unspecified atom stereocenters. The standard InChI is InChI=1S/C53H64/c1-29(2)36-20-21-37-28-40-38-22-23-43-46(51(38)52(8,9)49(40)39(37)27-36)42-26-33(7)45-32(6)24-31(5)25-41(45)50(42)53(43)47(34-16-12-10-13-17-34)44(30(3)4)48(53)35-18-14-11-15-19-35/h20-27,29-30,34-35,44,47-48H,10-19,28H2,1-9H3. The fraction of sp³-hybridized carbons (Fsp3) is 0.547. The van der Waals surface area contributed by atoms with Crippen LogP contribution in [0.25, 0.3) is 33.0 Å². The van der Waals surface area contributed by atoms with Crippen LogP contribution in [-0.4, -0.2) is 0 Å². The normalized spacial score (nSPS) is 27.4. The van der Waals surface area contributed by atoms with E-state index in [0.29, 0.717) is 5.92 Å². The second-order valence-corrected chi connectivity index (χ2v) is 20.3. The second kappa shape index (κ2) is 11.9. The van der Waals surface area contributed by atoms with Crippen LogP contribution in [0.1, 0.15) is 167 Å². The molecule has 0 amide bonds. The van der Waals surface area contributed by atoms with Gasteiger partial charge in [-0.15, -0.1) is 0 Å². The molecule has 0 nitrogen and oxygen atoms in total. The van der Waals surface area contributed by atoms with Crippen LogP contribution >= 0.6 is 0 Å². The zero-order valence-electron chi connectivity index (χ0n) is 34.4. The molecule has 6 aliphatic rings. The van der Waals surface area contributed by atoms with Gasteiger partial charge in [-0.2, -0.15) is 0 Å². The van der Waals surface area contributed by atoms with E-state index in [1.807, 2.05) is 0 Å². The van der Waals surface area contributed by atoms with E-state index < -0.39 is 0 Å². The lowest BCUT2D eigenvalue weighted by Crippen LogP contribution is -2.66. The highest BCUT2D eigenvalue weighted by molar-refractivity contribution is 6.11. The maximum absolute atomic E-state index is 2.76. The van der Waals surface area contributed by atoms with E-state index in [9.17, 15) is 0 Å². The zero-order valence-corrected chi connectivity index (χ0v) is 34.4. The molecule has 0 heteroatoms. The Bertz CT molecular complexity index is 2180. The van der Waals surface area contributed by atoms with Crippen LogP contribution in [0.3, 0.4) is 0 Å². The Kier molecular flexibility index (Phi) is 7.74. The summed E-state index contributed by atoms with van der Waals surface area (Å²) >= 11 is 0. The minimum Gasteiger partial charge on any atom is -0.0625 e. The predicted octanol–water partition coefficient (Wildman–Crippen LogP) is 14.6. The van der Waals surface area contributed by atoms with Crippen molar-refractivity contribution in [3.05, 3.63) is 104 Å². The number of benzene rings is 4. The minimum atomic E-state index is -0.0487. The monoisotopic (exact) mass is 701 g/mol. The number of aryl methyl sites for hydroxylation is 3. The van der Waals surface area contributed by atoms with Crippen LogP contribution in [0.5, 0.6) is 0 Å². The second-order valence-electron chi connectivity index (χ2n) is 20.3. The highest BCUT2D eigenvalue weighted by Gasteiger charge is 2.70. The number of hydrogen-bond donors (Lipinski definition) is 0. The Labute approximate surface area is 321 Å². The van der Waals surface area contributed by atoms with Gasteiger partial charge in [0.1, 0.15) is 0 Å². The summed E-state index contributed by atoms with van der Waals surface area (Å²) in [6, 6.07) is 20.7. The molecule has 6 aliphatic carbocycles. The van der Waals surface area contributed by atoms with Gasteiger partial charge in [-0.3, -0.25) is 0 Å². The van der Waals surface area contributed by atoms with E-state index in [4.69, 9.17) is 0 Å². The van der Waals surface area contributed by atoms with Crippen LogP contribution < -0.4 is 0 Å². The molecule has 0 heterocycles. The maximum atomic E-state index is 2.76. The van der Waals surface area contributed by atoms with Crippen molar-refractivity contribution in [1.29, 1.82) is 0 Å². The lowest BCUT2D eigenvalue weighted by Gasteiger charge is -2.68. The first kappa shape index (κ1) is 34.4. The Morgan fingerprint density at radius 3 is 1.91 bits per heavy atom. The smallest absolute Gasteiger partial charge is 0.0288 e. The molecule has 4 aromatic rings. The summed E-state index contributed by atoms with van der Waals surface area (Å²) < 4.78 is 0. The molecule has 3 saturated carbocycles. The molecule has 4 aromatic carbocycles. The molecule has 0 N–H and O–H groups in total. The van der Waals surface area contributed by atoms with Crippen molar-refractivity contribution < 1.29 is 0 Å². The number of allylic oxidation sites excluding steroid dienone is 2. The lowest BCUT2D eigenvalue weighted by molar-refractivity contribution is -0.130. The Morgan fingerprint density at radius 1 is 0.642 bits per heavy atom. The molecule has 0 bridgehead atoms. The van der Waals surface area contributed by atoms with Gasteiger partial charge in [0.15, 0.2) is 0 Å². The van der Waals surface area contributed by atoms with Gasteiger partial charge in [0.25, 0.3) is 0 Å². The van der Waals surface area contributed by atoms with Gasteiger partial charge >= 0.3 is 0 Å². The average Bonchev–Trinajstić information content (AvgIpc) is 3.72. The Balaban J connectivity index is 1.30. The fourth-order valence-electron chi connectivity index (χ4n) is 14.8. The van der Waals surface area contributed by atoms with E-state index in [1.165, 1.54) is 92.0 Å². The van der Waals surface area contributed by atoms with Crippen LogP contribution in [-0.2, 0) is 17.3 Å². The topological polar surface area (TPSA) is 0 Å². The Morgan fingerprint density at radius 2 is 1.28 bits per heavy atom. The summed E-state index contributed by atoms with van der Waals surface area (Å²) in [5.41, 5.74) is 22.3. The summed E-state index contributed by atoms with van der Waals surface area (Å²) in [5.74, 6) is 5.14. The average molecular weight is 701 g/mol. The fourth-order valence-corrected chi connectivity index (χ4v) is 14.8. The van der Waals surface area contributed by atoms with E-state index in [1.54, 1.807) is 60.9 Å². The lowest BCUT2D eigenvalue weighted by atomic mass is 9.35. The van der Waals surface area contributed by atoms with Gasteiger partial charge in [-0.1, -0.05) is 160 Å². The number of rotatable bonds is 4. The van der Waals surface area contributed by atoms with E-state index >= 15 is 0 Å². The molecule has 1 spiro atoms. The van der Waals surface area contributed by atoms with Gasteiger partial charge < -0.3 is 0 Å². The zero-order chi connectivity index (χ0) is 36.7. The van der Waals surface area contributed by atoms with Gasteiger partial charge in [0.2, 0.25) is 0 Å². The first-order chi connectivity index (χ1) is 25.5. The SMILES string of the molecule is Cc1cc(C)c2c(C)cc3c(c2c1)C1(c2ccc4c(c2-3)C(C)(C)C2=C4Cc3ccc(C(C)C)cc32)C(C2CCCCC2)C(C(C)C)C1C1CCCCC1. The number of hydrogen-bond acceptors (Lipinski definition) is 0. The first-order valence-corrected chi connectivity index (χ1v) is 22.1. The van der Waals surface area contributed by atoms with Crippen LogP contribution in [0, 0.1) is 56.3 Å². The van der Waals surface area contributed by atoms with E-state index in [2.05, 4.69) is 111 Å².